The average Bonchev–Trinajstić information content (AvgIpc) is 3.42. The van der Waals surface area contributed by atoms with E-state index < -0.39 is 0 Å². The Balaban J connectivity index is 1.35. The number of nitrogens with zero attached hydrogens (tertiary/aromatic N) is 4. The molecule has 0 spiro atoms. The standard InChI is InChI=1S/C23H29FN6O/c1-2-25-23(28-18-11-14-29(16-18)22-20(24)5-3-12-26-22)27-15-17-7-9-19(10-8-17)30-13-4-6-21(30)31/h3,5,7-10,12,18H,2,4,6,11,13-16H2,1H3,(H2,25,27,28). The van der Waals surface area contributed by atoms with Crippen LogP contribution in [0.25, 0.3) is 0 Å². The lowest BCUT2D eigenvalue weighted by molar-refractivity contribution is -0.117. The highest BCUT2D eigenvalue weighted by atomic mass is 19.1. The number of carbonyl (C=O) groups excluding carboxylic acids is 1. The number of aromatic nitrogens is 1. The molecule has 1 atom stereocenters. The summed E-state index contributed by atoms with van der Waals surface area (Å²) in [6.45, 7) is 5.55. The number of benzene rings is 1. The summed E-state index contributed by atoms with van der Waals surface area (Å²) in [7, 11) is 0. The van der Waals surface area contributed by atoms with E-state index in [9.17, 15) is 9.18 Å². The molecule has 0 bridgehead atoms. The molecule has 1 aromatic heterocycles. The summed E-state index contributed by atoms with van der Waals surface area (Å²) >= 11 is 0. The van der Waals surface area contributed by atoms with E-state index in [1.165, 1.54) is 6.07 Å². The highest BCUT2D eigenvalue weighted by Crippen LogP contribution is 2.22. The number of aliphatic imine (C=N–C) groups is 1. The van der Waals surface area contributed by atoms with E-state index in [0.717, 1.165) is 49.7 Å². The fraction of sp³-hybridized carbons (Fsp3) is 0.435. The molecule has 0 aliphatic carbocycles. The molecule has 7 nitrogen and oxygen atoms in total. The quantitative estimate of drug-likeness (QED) is 0.551. The van der Waals surface area contributed by atoms with Gasteiger partial charge in [0.25, 0.3) is 0 Å². The number of rotatable bonds is 6. The van der Waals surface area contributed by atoms with E-state index >= 15 is 0 Å². The Bertz CT molecular complexity index is 932. The van der Waals surface area contributed by atoms with E-state index in [1.54, 1.807) is 12.3 Å². The molecule has 164 valence electrons. The van der Waals surface area contributed by atoms with Gasteiger partial charge in [-0.25, -0.2) is 14.4 Å². The van der Waals surface area contributed by atoms with E-state index in [4.69, 9.17) is 4.99 Å². The van der Waals surface area contributed by atoms with Gasteiger partial charge in [-0.15, -0.1) is 0 Å². The first-order valence-corrected chi connectivity index (χ1v) is 10.9. The average molecular weight is 425 g/mol. The molecule has 2 fully saturated rings. The minimum Gasteiger partial charge on any atom is -0.357 e. The van der Waals surface area contributed by atoms with Crippen LogP contribution in [0.1, 0.15) is 31.7 Å². The molecule has 4 rings (SSSR count). The number of hydrogen-bond donors (Lipinski definition) is 2. The third-order valence-electron chi connectivity index (χ3n) is 5.65. The zero-order chi connectivity index (χ0) is 21.6. The Morgan fingerprint density at radius 3 is 2.81 bits per heavy atom. The zero-order valence-electron chi connectivity index (χ0n) is 17.9. The van der Waals surface area contributed by atoms with Crippen molar-refractivity contribution >= 4 is 23.4 Å². The minimum absolute atomic E-state index is 0.169. The van der Waals surface area contributed by atoms with Crippen LogP contribution in [0.15, 0.2) is 47.6 Å². The van der Waals surface area contributed by atoms with Gasteiger partial charge < -0.3 is 20.4 Å². The fourth-order valence-electron chi connectivity index (χ4n) is 4.07. The van der Waals surface area contributed by atoms with Crippen LogP contribution in [-0.2, 0) is 11.3 Å². The lowest BCUT2D eigenvalue weighted by Crippen LogP contribution is -2.44. The number of amides is 1. The van der Waals surface area contributed by atoms with Crippen molar-refractivity contribution < 1.29 is 9.18 Å². The second-order valence-corrected chi connectivity index (χ2v) is 7.90. The molecular formula is C23H29FN6O. The minimum atomic E-state index is -0.289. The summed E-state index contributed by atoms with van der Waals surface area (Å²) < 4.78 is 14.0. The molecule has 2 N–H and O–H groups in total. The van der Waals surface area contributed by atoms with E-state index in [2.05, 4.69) is 15.6 Å². The van der Waals surface area contributed by atoms with Crippen molar-refractivity contribution in [3.05, 3.63) is 54.0 Å². The Kier molecular flexibility index (Phi) is 6.64. The molecule has 1 aromatic carbocycles. The van der Waals surface area contributed by atoms with Crippen LogP contribution in [0.2, 0.25) is 0 Å². The smallest absolute Gasteiger partial charge is 0.227 e. The van der Waals surface area contributed by atoms with Crippen LogP contribution < -0.4 is 20.4 Å². The second kappa shape index (κ2) is 9.76. The van der Waals surface area contributed by atoms with Gasteiger partial charge in [0, 0.05) is 50.5 Å². The van der Waals surface area contributed by atoms with Crippen LogP contribution in [0, 0.1) is 5.82 Å². The highest BCUT2D eigenvalue weighted by Gasteiger charge is 2.26. The topological polar surface area (TPSA) is 72.9 Å². The van der Waals surface area contributed by atoms with Crippen molar-refractivity contribution in [3.63, 3.8) is 0 Å². The summed E-state index contributed by atoms with van der Waals surface area (Å²) in [6.07, 6.45) is 4.07. The first-order valence-electron chi connectivity index (χ1n) is 10.9. The third-order valence-corrected chi connectivity index (χ3v) is 5.65. The number of carbonyl (C=O) groups is 1. The zero-order valence-corrected chi connectivity index (χ0v) is 17.9. The number of anilines is 2. The van der Waals surface area contributed by atoms with E-state index in [0.29, 0.717) is 25.3 Å². The maximum Gasteiger partial charge on any atom is 0.227 e. The number of nitrogens with one attached hydrogen (secondary N) is 2. The first-order chi connectivity index (χ1) is 15.1. The number of hydrogen-bond acceptors (Lipinski definition) is 4. The molecule has 1 amide bonds. The van der Waals surface area contributed by atoms with Crippen LogP contribution in [0.3, 0.4) is 0 Å². The van der Waals surface area contributed by atoms with E-state index in [1.807, 2.05) is 41.0 Å². The molecule has 3 heterocycles. The summed E-state index contributed by atoms with van der Waals surface area (Å²) in [6, 6.07) is 11.2. The largest absolute Gasteiger partial charge is 0.357 e. The maximum atomic E-state index is 14.0. The third kappa shape index (κ3) is 5.13. The van der Waals surface area contributed by atoms with Crippen molar-refractivity contribution in [2.75, 3.05) is 36.0 Å². The molecule has 31 heavy (non-hydrogen) atoms. The van der Waals surface area contributed by atoms with Gasteiger partial charge in [0.1, 0.15) is 0 Å². The second-order valence-electron chi connectivity index (χ2n) is 7.90. The van der Waals surface area contributed by atoms with Crippen molar-refractivity contribution in [1.29, 1.82) is 0 Å². The lowest BCUT2D eigenvalue weighted by atomic mass is 10.2. The van der Waals surface area contributed by atoms with Crippen LogP contribution in [0.4, 0.5) is 15.9 Å². The van der Waals surface area contributed by atoms with Gasteiger partial charge >= 0.3 is 0 Å². The summed E-state index contributed by atoms with van der Waals surface area (Å²) in [5.41, 5.74) is 2.03. The number of pyridine rings is 1. The normalized spacial score (nSPS) is 19.2. The lowest BCUT2D eigenvalue weighted by Gasteiger charge is -2.20. The molecule has 2 aliphatic rings. The van der Waals surface area contributed by atoms with Gasteiger partial charge in [-0.1, -0.05) is 12.1 Å². The Hall–Kier alpha value is -3.16. The van der Waals surface area contributed by atoms with Gasteiger partial charge in [0.15, 0.2) is 17.6 Å². The van der Waals surface area contributed by atoms with Crippen molar-refractivity contribution in [3.8, 4) is 0 Å². The molecule has 0 radical (unpaired) electrons. The predicted molar refractivity (Wildman–Crippen MR) is 121 cm³/mol. The van der Waals surface area contributed by atoms with Crippen LogP contribution in [-0.4, -0.2) is 49.1 Å². The van der Waals surface area contributed by atoms with E-state index in [-0.39, 0.29) is 17.8 Å². The summed E-state index contributed by atoms with van der Waals surface area (Å²) in [5.74, 6) is 1.06. The summed E-state index contributed by atoms with van der Waals surface area (Å²) in [4.78, 5) is 24.6. The summed E-state index contributed by atoms with van der Waals surface area (Å²) in [5, 5.41) is 6.75. The predicted octanol–water partition coefficient (Wildman–Crippen LogP) is 2.68. The van der Waals surface area contributed by atoms with Gasteiger partial charge in [-0.05, 0) is 49.6 Å². The van der Waals surface area contributed by atoms with Crippen molar-refractivity contribution in [1.82, 2.24) is 15.6 Å². The molecule has 2 aliphatic heterocycles. The highest BCUT2D eigenvalue weighted by molar-refractivity contribution is 5.95. The van der Waals surface area contributed by atoms with Gasteiger partial charge in [-0.3, -0.25) is 4.79 Å². The van der Waals surface area contributed by atoms with Gasteiger partial charge in [-0.2, -0.15) is 0 Å². The Morgan fingerprint density at radius 1 is 1.26 bits per heavy atom. The van der Waals surface area contributed by atoms with Crippen molar-refractivity contribution in [2.45, 2.75) is 38.8 Å². The molecule has 2 aromatic rings. The van der Waals surface area contributed by atoms with Crippen molar-refractivity contribution in [2.24, 2.45) is 4.99 Å². The Morgan fingerprint density at radius 2 is 2.10 bits per heavy atom. The molecular weight excluding hydrogens is 395 g/mol. The first kappa shape index (κ1) is 21.1. The molecule has 1 unspecified atom stereocenters. The Labute approximate surface area is 182 Å². The number of guanidine groups is 1. The van der Waals surface area contributed by atoms with Crippen LogP contribution in [0.5, 0.6) is 0 Å². The molecule has 8 heteroatoms. The van der Waals surface area contributed by atoms with Crippen LogP contribution >= 0.6 is 0 Å². The maximum absolute atomic E-state index is 14.0. The fourth-order valence-corrected chi connectivity index (χ4v) is 4.07. The molecule has 0 saturated carbocycles. The monoisotopic (exact) mass is 424 g/mol. The SMILES string of the molecule is CCNC(=NCc1ccc(N2CCCC2=O)cc1)NC1CCN(c2ncccc2F)C1. The van der Waals surface area contributed by atoms with Gasteiger partial charge in [0.05, 0.1) is 6.54 Å². The van der Waals surface area contributed by atoms with Gasteiger partial charge in [0.2, 0.25) is 5.91 Å². The number of halogens is 1. The molecule has 2 saturated heterocycles.